The fourth-order valence-electron chi connectivity index (χ4n) is 13.5. The lowest BCUT2D eigenvalue weighted by atomic mass is 9.86. The smallest absolute Gasteiger partial charge is 0.272 e. The lowest BCUT2D eigenvalue weighted by Gasteiger charge is -2.52. The van der Waals surface area contributed by atoms with E-state index in [9.17, 15) is 22.7 Å². The van der Waals surface area contributed by atoms with Crippen LogP contribution in [0, 0.1) is 0 Å². The summed E-state index contributed by atoms with van der Waals surface area (Å²) < 4.78 is 137. The van der Waals surface area contributed by atoms with Crippen LogP contribution < -0.4 is 9.47 Å². The fourth-order valence-corrected chi connectivity index (χ4v) is 14.9. The summed E-state index contributed by atoms with van der Waals surface area (Å²) in [7, 11) is 0.865. The number of hydrogen-bond acceptors (Lipinski definition) is 14. The Morgan fingerprint density at radius 1 is 0.398 bits per heavy atom. The first-order valence-corrected chi connectivity index (χ1v) is 41.5. The molecular weight excluding hydrogens is 1500 g/mol. The molecule has 1 N–H and O–H groups in total. The maximum atomic E-state index is 12.8. The van der Waals surface area contributed by atoms with Crippen LogP contribution >= 0.6 is 23.2 Å². The molecule has 21 heteroatoms. The average Bonchev–Trinajstić information content (AvgIpc) is 0.740. The summed E-state index contributed by atoms with van der Waals surface area (Å²) in [5, 5.41) is 11.9. The van der Waals surface area contributed by atoms with E-state index in [1.807, 2.05) is 237 Å². The predicted molar refractivity (Wildman–Crippen MR) is 432 cm³/mol. The van der Waals surface area contributed by atoms with E-state index in [-0.39, 0.29) is 51.3 Å². The van der Waals surface area contributed by atoms with Crippen LogP contribution in [0.25, 0.3) is 0 Å². The first-order valence-electron chi connectivity index (χ1n) is 37.9. The summed E-state index contributed by atoms with van der Waals surface area (Å²) in [6.07, 6.45) is -10.5. The highest BCUT2D eigenvalue weighted by Gasteiger charge is 2.61. The van der Waals surface area contributed by atoms with Gasteiger partial charge in [-0.3, -0.25) is 0 Å². The highest BCUT2D eigenvalue weighted by atomic mass is 35.5. The van der Waals surface area contributed by atoms with Crippen molar-refractivity contribution in [3.05, 3.63) is 344 Å². The molecule has 0 aliphatic carbocycles. The van der Waals surface area contributed by atoms with E-state index in [1.54, 1.807) is 44.6 Å². The van der Waals surface area contributed by atoms with Crippen LogP contribution in [0.15, 0.2) is 267 Å². The monoisotopic (exact) mass is 1600 g/mol. The van der Waals surface area contributed by atoms with Gasteiger partial charge in [-0.15, -0.1) is 0 Å². The van der Waals surface area contributed by atoms with E-state index in [0.29, 0.717) is 52.1 Å². The minimum atomic E-state index is -2.56. The summed E-state index contributed by atoms with van der Waals surface area (Å²) in [4.78, 5) is 0. The third-order valence-electron chi connectivity index (χ3n) is 20.6. The van der Waals surface area contributed by atoms with Crippen LogP contribution in [-0.2, 0) is 116 Å². The largest absolute Gasteiger partial charge is 0.488 e. The number of benzene rings is 10. The fraction of sp³-hybridized carbons (Fsp3) is 0.348. The zero-order valence-corrected chi connectivity index (χ0v) is 67.2. The summed E-state index contributed by atoms with van der Waals surface area (Å²) in [5.41, 5.74) is 10.4. The zero-order valence-electron chi connectivity index (χ0n) is 64.7. The average molecular weight is 1600 g/mol. The molecule has 0 bridgehead atoms. The summed E-state index contributed by atoms with van der Waals surface area (Å²) >= 11 is 13.7. The summed E-state index contributed by atoms with van der Waals surface area (Å²) in [6, 6.07) is 84.6. The Hall–Kier alpha value is -8.16. The summed E-state index contributed by atoms with van der Waals surface area (Å²) in [5.74, 6) is -2.40. The van der Waals surface area contributed by atoms with Gasteiger partial charge in [0.2, 0.25) is 11.6 Å². The molecule has 2 saturated heterocycles. The first-order chi connectivity index (χ1) is 54.7. The van der Waals surface area contributed by atoms with E-state index in [1.165, 1.54) is 0 Å². The maximum Gasteiger partial charge on any atom is 0.272 e. The minimum Gasteiger partial charge on any atom is -0.488 e. The molecule has 10 atom stereocenters. The van der Waals surface area contributed by atoms with Gasteiger partial charge in [0.1, 0.15) is 73.5 Å². The van der Waals surface area contributed by atoms with Gasteiger partial charge in [0.15, 0.2) is 8.32 Å². The quantitative estimate of drug-likeness (QED) is 0.0294. The first kappa shape index (κ1) is 85.7. The van der Waals surface area contributed by atoms with Crippen LogP contribution in [0.1, 0.15) is 87.5 Å². The molecule has 2 fully saturated rings. The van der Waals surface area contributed by atoms with Crippen LogP contribution in [0.3, 0.4) is 0 Å². The molecule has 113 heavy (non-hydrogen) atoms. The van der Waals surface area contributed by atoms with E-state index in [4.69, 9.17) is 84.5 Å². The zero-order chi connectivity index (χ0) is 79.8. The SMILES string of the molecule is CO[C@@]1(c2ccc(Cl)c(Cc3ccc(OCC(F)F)cc3)c2)O[C@H](CO)[C@@H](OCc2ccccc2)[C@H](OCc2ccccc2)[C@H]1OCc1ccccc1.CO[C@@]1(c2ccc(Cl)c(Cc3ccc(OCC(F)F)cc3)c2)O[C@H](CO[Si](C)(C)C(C)(C)C)[C@@H](OCc2ccccc2)[C@H](OCc2ccccc2)[C@H]1OCc1ccccc1. The Labute approximate surface area is 672 Å². The number of halogens is 6. The minimum absolute atomic E-state index is 0.0662. The number of alkyl halides is 4. The molecular formula is C92H100Cl2F4O14Si. The van der Waals surface area contributed by atoms with E-state index >= 15 is 0 Å². The van der Waals surface area contributed by atoms with Gasteiger partial charge in [-0.1, -0.05) is 262 Å². The van der Waals surface area contributed by atoms with E-state index in [2.05, 4.69) is 33.9 Å². The van der Waals surface area contributed by atoms with Crippen LogP contribution in [-0.4, -0.2) is 116 Å². The lowest BCUT2D eigenvalue weighted by Crippen LogP contribution is -2.66. The number of methoxy groups -OCH3 is 2. The number of aliphatic hydroxyl groups is 1. The second kappa shape index (κ2) is 41.4. The van der Waals surface area contributed by atoms with Crippen molar-refractivity contribution >= 4 is 31.5 Å². The van der Waals surface area contributed by atoms with Crippen molar-refractivity contribution < 1.29 is 83.9 Å². The Morgan fingerprint density at radius 2 is 0.699 bits per heavy atom. The van der Waals surface area contributed by atoms with Gasteiger partial charge in [-0.05, 0) is 135 Å². The molecule has 0 radical (unpaired) electrons. The molecule has 10 aromatic rings. The topological polar surface area (TPSA) is 140 Å². The van der Waals surface area contributed by atoms with Crippen LogP contribution in [0.2, 0.25) is 28.2 Å². The molecule has 0 saturated carbocycles. The highest BCUT2D eigenvalue weighted by Crippen LogP contribution is 2.48. The Kier molecular flexibility index (Phi) is 31.4. The normalized spacial score (nSPS) is 21.2. The maximum absolute atomic E-state index is 12.8. The van der Waals surface area contributed by atoms with Crippen molar-refractivity contribution in [1.82, 2.24) is 0 Å². The molecule has 0 amide bonds. The Balaban J connectivity index is 0.000000225. The lowest BCUT2D eigenvalue weighted by molar-refractivity contribution is -0.384. The molecule has 2 aliphatic rings. The van der Waals surface area contributed by atoms with Crippen molar-refractivity contribution in [1.29, 1.82) is 0 Å². The molecule has 10 aromatic carbocycles. The molecule has 2 aliphatic heterocycles. The van der Waals surface area contributed by atoms with Gasteiger partial charge in [0.25, 0.3) is 12.9 Å². The Morgan fingerprint density at radius 3 is 1.00 bits per heavy atom. The van der Waals surface area contributed by atoms with Gasteiger partial charge in [0.05, 0.1) is 52.9 Å². The molecule has 14 nitrogen and oxygen atoms in total. The van der Waals surface area contributed by atoms with Gasteiger partial charge in [-0.25, -0.2) is 17.6 Å². The van der Waals surface area contributed by atoms with Gasteiger partial charge >= 0.3 is 0 Å². The van der Waals surface area contributed by atoms with Crippen molar-refractivity contribution in [3.63, 3.8) is 0 Å². The molecule has 598 valence electrons. The van der Waals surface area contributed by atoms with Gasteiger partial charge in [-0.2, -0.15) is 0 Å². The van der Waals surface area contributed by atoms with Crippen LogP contribution in [0.4, 0.5) is 17.6 Å². The van der Waals surface area contributed by atoms with Gasteiger partial charge in [0, 0.05) is 35.4 Å². The van der Waals surface area contributed by atoms with Crippen molar-refractivity contribution in [2.24, 2.45) is 0 Å². The summed E-state index contributed by atoms with van der Waals surface area (Å²) in [6.45, 7) is 11.1. The number of ether oxygens (including phenoxy) is 12. The second-order valence-electron chi connectivity index (χ2n) is 29.4. The Bertz CT molecular complexity index is 4450. The van der Waals surface area contributed by atoms with Gasteiger partial charge < -0.3 is 66.4 Å². The number of hydrogen-bond donors (Lipinski definition) is 1. The van der Waals surface area contributed by atoms with Crippen molar-refractivity contribution in [2.45, 2.75) is 165 Å². The molecule has 0 aromatic heterocycles. The third-order valence-corrected chi connectivity index (χ3v) is 25.8. The highest BCUT2D eigenvalue weighted by molar-refractivity contribution is 6.74. The molecule has 2 heterocycles. The van der Waals surface area contributed by atoms with E-state index in [0.717, 1.165) is 55.6 Å². The molecule has 0 spiro atoms. The molecule has 12 rings (SSSR count). The second-order valence-corrected chi connectivity index (χ2v) is 35.1. The van der Waals surface area contributed by atoms with Crippen molar-refractivity contribution in [3.8, 4) is 11.5 Å². The van der Waals surface area contributed by atoms with E-state index < -0.39 is 94.8 Å². The standard InChI is InChI=1S/C49H57ClF2O7Si.C43H43ClF2O7/c1-48(2,3)60(5,6)58-33-43-45(55-30-36-16-10-7-11-17-36)46(56-31-37-18-12-8-13-19-37)47(57-32-38-20-14-9-15-21-38)49(53-4,59-43)40-24-27-42(50)39(29-40)28-35-22-25-41(26-23-35)54-34-44(51)52;1-48-43(35-19-22-37(44)34(24-35)23-30-17-20-36(21-18-30)49-29-39(45)46)42(52-28-33-15-9-4-10-16-33)41(51-27-32-13-7-3-8-14-32)40(38(25-47)53-43)50-26-31-11-5-2-6-12-31/h7-27,29,43-47H,28,30-34H2,1-6H3;2-22,24,38-42,47H,23,25-29H2,1H3/t43-,45-,46+,47-,49+;38-,40-,41+,42-,43+/m11/s1. The number of aliphatic hydroxyl groups excluding tert-OH is 1. The number of rotatable bonds is 36. The molecule has 0 unspecified atom stereocenters. The van der Waals surface area contributed by atoms with Crippen molar-refractivity contribution in [2.75, 3.05) is 40.6 Å². The van der Waals surface area contributed by atoms with Crippen LogP contribution in [0.5, 0.6) is 11.5 Å². The third kappa shape index (κ3) is 23.3. The predicted octanol–water partition coefficient (Wildman–Crippen LogP) is 20.1.